The maximum absolute atomic E-state index is 12.1. The number of rotatable bonds is 6. The molecular weight excluding hydrogens is 254 g/mol. The summed E-state index contributed by atoms with van der Waals surface area (Å²) in [5.41, 5.74) is 0.827. The number of aromatic nitrogens is 1. The van der Waals surface area contributed by atoms with Crippen LogP contribution in [0.1, 0.15) is 31.9 Å². The minimum Gasteiger partial charge on any atom is -0.350 e. The third-order valence-electron chi connectivity index (χ3n) is 3.54. The average molecular weight is 275 g/mol. The Labute approximate surface area is 119 Å². The summed E-state index contributed by atoms with van der Waals surface area (Å²) in [5.74, 6) is -0.178. The molecule has 1 aromatic rings. The lowest BCUT2D eigenvalue weighted by Gasteiger charge is -2.15. The van der Waals surface area contributed by atoms with E-state index in [-0.39, 0.29) is 17.7 Å². The Morgan fingerprint density at radius 3 is 3.05 bits per heavy atom. The molecule has 1 fully saturated rings. The fourth-order valence-electron chi connectivity index (χ4n) is 2.34. The van der Waals surface area contributed by atoms with Crippen LogP contribution in [0.2, 0.25) is 0 Å². The van der Waals surface area contributed by atoms with Gasteiger partial charge in [-0.2, -0.15) is 0 Å². The van der Waals surface area contributed by atoms with Gasteiger partial charge < -0.3 is 10.2 Å². The predicted molar refractivity (Wildman–Crippen MR) is 75.7 cm³/mol. The van der Waals surface area contributed by atoms with Crippen LogP contribution < -0.4 is 5.32 Å². The van der Waals surface area contributed by atoms with Gasteiger partial charge in [0.15, 0.2) is 0 Å². The van der Waals surface area contributed by atoms with Crippen LogP contribution in [0.4, 0.5) is 0 Å². The van der Waals surface area contributed by atoms with Crippen molar-refractivity contribution in [2.75, 3.05) is 13.1 Å². The summed E-state index contributed by atoms with van der Waals surface area (Å²) in [7, 11) is 0. The third-order valence-corrected chi connectivity index (χ3v) is 3.54. The number of amides is 2. The van der Waals surface area contributed by atoms with Crippen LogP contribution >= 0.6 is 0 Å². The first-order chi connectivity index (χ1) is 9.70. The summed E-state index contributed by atoms with van der Waals surface area (Å²) < 4.78 is 0. The molecule has 0 radical (unpaired) electrons. The van der Waals surface area contributed by atoms with E-state index < -0.39 is 0 Å². The lowest BCUT2D eigenvalue weighted by atomic mass is 10.1. The summed E-state index contributed by atoms with van der Waals surface area (Å²) in [6, 6.07) is 5.60. The Morgan fingerprint density at radius 2 is 2.35 bits per heavy atom. The van der Waals surface area contributed by atoms with E-state index in [0.717, 1.165) is 25.1 Å². The minimum atomic E-state index is -0.219. The van der Waals surface area contributed by atoms with Gasteiger partial charge in [-0.15, -0.1) is 0 Å². The molecule has 1 aliphatic heterocycles. The summed E-state index contributed by atoms with van der Waals surface area (Å²) in [6.45, 7) is 3.82. The van der Waals surface area contributed by atoms with Crippen LogP contribution in [0.3, 0.4) is 0 Å². The van der Waals surface area contributed by atoms with Crippen LogP contribution in [-0.2, 0) is 16.1 Å². The highest BCUT2D eigenvalue weighted by atomic mass is 16.2. The number of nitrogens with zero attached hydrogens (tertiary/aromatic N) is 2. The van der Waals surface area contributed by atoms with Crippen molar-refractivity contribution in [2.24, 2.45) is 5.92 Å². The van der Waals surface area contributed by atoms with Gasteiger partial charge in [0.2, 0.25) is 11.8 Å². The van der Waals surface area contributed by atoms with Crippen LogP contribution in [-0.4, -0.2) is 34.8 Å². The topological polar surface area (TPSA) is 62.3 Å². The molecular formula is C15H21N3O2. The van der Waals surface area contributed by atoms with E-state index in [4.69, 9.17) is 0 Å². The van der Waals surface area contributed by atoms with E-state index >= 15 is 0 Å². The highest BCUT2D eigenvalue weighted by molar-refractivity contribution is 5.89. The largest absolute Gasteiger partial charge is 0.350 e. The van der Waals surface area contributed by atoms with Crippen molar-refractivity contribution in [1.82, 2.24) is 15.2 Å². The molecule has 0 bridgehead atoms. The molecule has 20 heavy (non-hydrogen) atoms. The van der Waals surface area contributed by atoms with Crippen LogP contribution in [0, 0.1) is 5.92 Å². The van der Waals surface area contributed by atoms with E-state index in [1.807, 2.05) is 18.2 Å². The molecule has 1 aliphatic rings. The summed E-state index contributed by atoms with van der Waals surface area (Å²) in [4.78, 5) is 29.8. The number of carbonyl (C=O) groups is 2. The van der Waals surface area contributed by atoms with Crippen LogP contribution in [0.15, 0.2) is 24.4 Å². The van der Waals surface area contributed by atoms with Gasteiger partial charge in [-0.05, 0) is 18.6 Å². The zero-order valence-corrected chi connectivity index (χ0v) is 11.8. The van der Waals surface area contributed by atoms with Gasteiger partial charge in [0.05, 0.1) is 18.2 Å². The standard InChI is InChI=1S/C15H21N3O2/c1-2-3-8-18-11-12(9-14(18)19)15(20)17-10-13-6-4-5-7-16-13/h4-7,12H,2-3,8-11H2,1H3,(H,17,20). The summed E-state index contributed by atoms with van der Waals surface area (Å²) >= 11 is 0. The molecule has 1 atom stereocenters. The predicted octanol–water partition coefficient (Wildman–Crippen LogP) is 1.35. The Kier molecular flexibility index (Phi) is 5.09. The molecule has 2 rings (SSSR count). The first-order valence-corrected chi connectivity index (χ1v) is 7.16. The lowest BCUT2D eigenvalue weighted by Crippen LogP contribution is -2.33. The molecule has 1 saturated heterocycles. The Hall–Kier alpha value is -1.91. The SMILES string of the molecule is CCCCN1CC(C(=O)NCc2ccccn2)CC1=O. The second-order valence-electron chi connectivity index (χ2n) is 5.13. The summed E-state index contributed by atoms with van der Waals surface area (Å²) in [6.07, 6.45) is 4.08. The van der Waals surface area contributed by atoms with Gasteiger partial charge in [0.25, 0.3) is 0 Å². The number of likely N-dealkylation sites (tertiary alicyclic amines) is 1. The Bertz CT molecular complexity index is 461. The monoisotopic (exact) mass is 275 g/mol. The van der Waals surface area contributed by atoms with E-state index in [1.54, 1.807) is 11.1 Å². The van der Waals surface area contributed by atoms with Gasteiger partial charge in [-0.1, -0.05) is 19.4 Å². The molecule has 5 heteroatoms. The van der Waals surface area contributed by atoms with Gasteiger partial charge in [0.1, 0.15) is 0 Å². The van der Waals surface area contributed by atoms with Gasteiger partial charge in [-0.25, -0.2) is 0 Å². The second-order valence-corrected chi connectivity index (χ2v) is 5.13. The molecule has 2 heterocycles. The Morgan fingerprint density at radius 1 is 1.50 bits per heavy atom. The quantitative estimate of drug-likeness (QED) is 0.852. The van der Waals surface area contributed by atoms with E-state index in [0.29, 0.717) is 19.5 Å². The molecule has 1 aromatic heterocycles. The second kappa shape index (κ2) is 7.03. The van der Waals surface area contributed by atoms with Gasteiger partial charge in [-0.3, -0.25) is 14.6 Å². The highest BCUT2D eigenvalue weighted by Gasteiger charge is 2.33. The van der Waals surface area contributed by atoms with E-state index in [1.165, 1.54) is 0 Å². The number of hydrogen-bond donors (Lipinski definition) is 1. The minimum absolute atomic E-state index is 0.0528. The average Bonchev–Trinajstić information content (AvgIpc) is 2.85. The molecule has 1 unspecified atom stereocenters. The number of pyridine rings is 1. The fraction of sp³-hybridized carbons (Fsp3) is 0.533. The maximum atomic E-state index is 12.1. The normalized spacial score (nSPS) is 18.4. The first-order valence-electron chi connectivity index (χ1n) is 7.16. The maximum Gasteiger partial charge on any atom is 0.225 e. The molecule has 2 amide bonds. The van der Waals surface area contributed by atoms with E-state index in [9.17, 15) is 9.59 Å². The van der Waals surface area contributed by atoms with Crippen LogP contribution in [0.25, 0.3) is 0 Å². The molecule has 0 saturated carbocycles. The zero-order valence-electron chi connectivity index (χ0n) is 11.8. The smallest absolute Gasteiger partial charge is 0.225 e. The van der Waals surface area contributed by atoms with Crippen molar-refractivity contribution in [3.8, 4) is 0 Å². The molecule has 0 aromatic carbocycles. The number of nitrogens with one attached hydrogen (secondary N) is 1. The molecule has 0 spiro atoms. The summed E-state index contributed by atoms with van der Waals surface area (Å²) in [5, 5.41) is 2.86. The molecule has 5 nitrogen and oxygen atoms in total. The number of unbranched alkanes of at least 4 members (excludes halogenated alkanes) is 1. The molecule has 1 N–H and O–H groups in total. The van der Waals surface area contributed by atoms with E-state index in [2.05, 4.69) is 17.2 Å². The third kappa shape index (κ3) is 3.79. The number of hydrogen-bond acceptors (Lipinski definition) is 3. The van der Waals surface area contributed by atoms with Gasteiger partial charge in [0, 0.05) is 25.7 Å². The molecule has 108 valence electrons. The van der Waals surface area contributed by atoms with Crippen molar-refractivity contribution >= 4 is 11.8 Å². The fourth-order valence-corrected chi connectivity index (χ4v) is 2.34. The van der Waals surface area contributed by atoms with Crippen molar-refractivity contribution in [1.29, 1.82) is 0 Å². The first kappa shape index (κ1) is 14.5. The van der Waals surface area contributed by atoms with Crippen molar-refractivity contribution in [3.05, 3.63) is 30.1 Å². The zero-order chi connectivity index (χ0) is 14.4. The van der Waals surface area contributed by atoms with Gasteiger partial charge >= 0.3 is 0 Å². The highest BCUT2D eigenvalue weighted by Crippen LogP contribution is 2.18. The lowest BCUT2D eigenvalue weighted by molar-refractivity contribution is -0.129. The van der Waals surface area contributed by atoms with Crippen LogP contribution in [0.5, 0.6) is 0 Å². The number of carbonyl (C=O) groups excluding carboxylic acids is 2. The Balaban J connectivity index is 1.80. The van der Waals surface area contributed by atoms with Crippen molar-refractivity contribution in [2.45, 2.75) is 32.7 Å². The van der Waals surface area contributed by atoms with Crippen molar-refractivity contribution < 1.29 is 9.59 Å². The van der Waals surface area contributed by atoms with Crippen molar-refractivity contribution in [3.63, 3.8) is 0 Å². The molecule has 0 aliphatic carbocycles.